The highest BCUT2D eigenvalue weighted by atomic mass is 35.5. The quantitative estimate of drug-likeness (QED) is 0.810. The molecule has 2 aromatic rings. The van der Waals surface area contributed by atoms with Crippen molar-refractivity contribution < 1.29 is 4.79 Å². The molecule has 0 bridgehead atoms. The molecule has 0 spiro atoms. The normalized spacial score (nSPS) is 11.7. The van der Waals surface area contributed by atoms with E-state index in [4.69, 9.17) is 11.5 Å². The summed E-state index contributed by atoms with van der Waals surface area (Å²) < 4.78 is 1.48. The zero-order valence-corrected chi connectivity index (χ0v) is 11.3. The summed E-state index contributed by atoms with van der Waals surface area (Å²) >= 11 is 0. The SMILES string of the molecule is Cc1nc(C(C)N)n(-c2cc(C(N)=O)ncn2)n1.Cl. The maximum atomic E-state index is 11.1. The van der Waals surface area contributed by atoms with E-state index in [2.05, 4.69) is 20.1 Å². The van der Waals surface area contributed by atoms with Gasteiger partial charge in [-0.2, -0.15) is 4.68 Å². The molecule has 102 valence electrons. The van der Waals surface area contributed by atoms with E-state index in [0.717, 1.165) is 0 Å². The first-order chi connectivity index (χ1) is 8.49. The average Bonchev–Trinajstić information content (AvgIpc) is 2.72. The van der Waals surface area contributed by atoms with E-state index in [1.54, 1.807) is 13.8 Å². The van der Waals surface area contributed by atoms with Crippen molar-refractivity contribution in [2.24, 2.45) is 11.5 Å². The predicted molar refractivity (Wildman–Crippen MR) is 70.1 cm³/mol. The number of rotatable bonds is 3. The topological polar surface area (TPSA) is 126 Å². The van der Waals surface area contributed by atoms with Gasteiger partial charge in [0, 0.05) is 6.07 Å². The Labute approximate surface area is 115 Å². The van der Waals surface area contributed by atoms with Gasteiger partial charge in [0.25, 0.3) is 5.91 Å². The maximum Gasteiger partial charge on any atom is 0.267 e. The van der Waals surface area contributed by atoms with Gasteiger partial charge in [0.2, 0.25) is 0 Å². The van der Waals surface area contributed by atoms with Crippen molar-refractivity contribution in [1.82, 2.24) is 24.7 Å². The molecule has 9 heteroatoms. The molecule has 0 aliphatic rings. The minimum absolute atomic E-state index is 0. The van der Waals surface area contributed by atoms with Crippen molar-refractivity contribution in [1.29, 1.82) is 0 Å². The third kappa shape index (κ3) is 3.04. The van der Waals surface area contributed by atoms with Crippen molar-refractivity contribution in [3.8, 4) is 5.82 Å². The summed E-state index contributed by atoms with van der Waals surface area (Å²) in [4.78, 5) is 23.1. The first-order valence-electron chi connectivity index (χ1n) is 5.30. The van der Waals surface area contributed by atoms with Gasteiger partial charge in [-0.05, 0) is 13.8 Å². The van der Waals surface area contributed by atoms with Crippen LogP contribution in [0.15, 0.2) is 12.4 Å². The summed E-state index contributed by atoms with van der Waals surface area (Å²) in [6.07, 6.45) is 1.25. The molecule has 0 fully saturated rings. The lowest BCUT2D eigenvalue weighted by atomic mass is 10.3. The number of aryl methyl sites for hydroxylation is 1. The van der Waals surface area contributed by atoms with Crippen molar-refractivity contribution in [2.45, 2.75) is 19.9 Å². The molecule has 0 aliphatic heterocycles. The van der Waals surface area contributed by atoms with Crippen LogP contribution in [0.25, 0.3) is 5.82 Å². The Bertz CT molecular complexity index is 595. The first-order valence-corrected chi connectivity index (χ1v) is 5.30. The fraction of sp³-hybridized carbons (Fsp3) is 0.300. The minimum Gasteiger partial charge on any atom is -0.364 e. The molecule has 1 atom stereocenters. The summed E-state index contributed by atoms with van der Waals surface area (Å²) in [6.45, 7) is 3.54. The van der Waals surface area contributed by atoms with Crippen LogP contribution in [0.5, 0.6) is 0 Å². The lowest BCUT2D eigenvalue weighted by molar-refractivity contribution is 0.0995. The zero-order valence-electron chi connectivity index (χ0n) is 10.4. The number of hydrogen-bond donors (Lipinski definition) is 2. The van der Waals surface area contributed by atoms with E-state index >= 15 is 0 Å². The van der Waals surface area contributed by atoms with Crippen LogP contribution >= 0.6 is 12.4 Å². The van der Waals surface area contributed by atoms with Crippen LogP contribution in [-0.4, -0.2) is 30.6 Å². The van der Waals surface area contributed by atoms with Crippen molar-refractivity contribution in [3.63, 3.8) is 0 Å². The predicted octanol–water partition coefficient (Wildman–Crippen LogP) is -0.0939. The Morgan fingerprint density at radius 3 is 2.68 bits per heavy atom. The highest BCUT2D eigenvalue weighted by Gasteiger charge is 2.15. The molecule has 0 aromatic carbocycles. The van der Waals surface area contributed by atoms with Gasteiger partial charge < -0.3 is 11.5 Å². The monoisotopic (exact) mass is 283 g/mol. The maximum absolute atomic E-state index is 11.1. The third-order valence-electron chi connectivity index (χ3n) is 2.27. The lowest BCUT2D eigenvalue weighted by Gasteiger charge is -2.07. The lowest BCUT2D eigenvalue weighted by Crippen LogP contribution is -2.17. The van der Waals surface area contributed by atoms with Gasteiger partial charge in [0.05, 0.1) is 6.04 Å². The van der Waals surface area contributed by atoms with Gasteiger partial charge in [-0.15, -0.1) is 17.5 Å². The largest absolute Gasteiger partial charge is 0.364 e. The van der Waals surface area contributed by atoms with Crippen molar-refractivity contribution >= 4 is 18.3 Å². The van der Waals surface area contributed by atoms with Crippen LogP contribution in [0.3, 0.4) is 0 Å². The minimum atomic E-state index is -0.627. The fourth-order valence-electron chi connectivity index (χ4n) is 1.49. The number of nitrogens with two attached hydrogens (primary N) is 2. The Hall–Kier alpha value is -2.06. The molecule has 8 nitrogen and oxygen atoms in total. The highest BCUT2D eigenvalue weighted by Crippen LogP contribution is 2.12. The van der Waals surface area contributed by atoms with Crippen molar-refractivity contribution in [3.05, 3.63) is 29.7 Å². The molecule has 0 aliphatic carbocycles. The van der Waals surface area contributed by atoms with E-state index in [1.165, 1.54) is 17.1 Å². The van der Waals surface area contributed by atoms with E-state index in [0.29, 0.717) is 17.5 Å². The van der Waals surface area contributed by atoms with Gasteiger partial charge in [0.15, 0.2) is 11.6 Å². The standard InChI is InChI=1S/C10H13N7O.ClH/c1-5(11)10-15-6(2)16-17(10)8-3-7(9(12)18)13-4-14-8;/h3-5H,11H2,1-2H3,(H2,12,18);1H. The van der Waals surface area contributed by atoms with Crippen LogP contribution in [0.1, 0.15) is 35.1 Å². The van der Waals surface area contributed by atoms with E-state index < -0.39 is 5.91 Å². The van der Waals surface area contributed by atoms with Gasteiger partial charge in [-0.1, -0.05) is 0 Å². The molecule has 2 rings (SSSR count). The second kappa shape index (κ2) is 5.72. The van der Waals surface area contributed by atoms with Crippen molar-refractivity contribution in [2.75, 3.05) is 0 Å². The van der Waals surface area contributed by atoms with Gasteiger partial charge in [0.1, 0.15) is 17.8 Å². The molecule has 19 heavy (non-hydrogen) atoms. The number of primary amides is 1. The molecular weight excluding hydrogens is 270 g/mol. The summed E-state index contributed by atoms with van der Waals surface area (Å²) in [5, 5.41) is 4.19. The Balaban J connectivity index is 0.00000180. The molecule has 2 heterocycles. The number of carbonyl (C=O) groups is 1. The molecule has 2 aromatic heterocycles. The first kappa shape index (κ1) is 15.0. The second-order valence-corrected chi connectivity index (χ2v) is 3.84. The number of aromatic nitrogens is 5. The Morgan fingerprint density at radius 2 is 2.11 bits per heavy atom. The summed E-state index contributed by atoms with van der Waals surface area (Å²) in [7, 11) is 0. The summed E-state index contributed by atoms with van der Waals surface area (Å²) in [6, 6.07) is 1.14. The van der Waals surface area contributed by atoms with E-state index in [1.807, 2.05) is 0 Å². The molecular formula is C10H14ClN7O. The molecule has 1 unspecified atom stereocenters. The number of carbonyl (C=O) groups excluding carboxylic acids is 1. The molecule has 0 radical (unpaired) electrons. The molecule has 0 saturated carbocycles. The number of nitrogens with zero attached hydrogens (tertiary/aromatic N) is 5. The zero-order chi connectivity index (χ0) is 13.3. The second-order valence-electron chi connectivity index (χ2n) is 3.84. The van der Waals surface area contributed by atoms with Gasteiger partial charge >= 0.3 is 0 Å². The fourth-order valence-corrected chi connectivity index (χ4v) is 1.49. The number of amides is 1. The number of halogens is 1. The van der Waals surface area contributed by atoms with Gasteiger partial charge in [-0.25, -0.2) is 15.0 Å². The Kier molecular flexibility index (Phi) is 4.52. The van der Waals surface area contributed by atoms with Crippen LogP contribution < -0.4 is 11.5 Å². The van der Waals surface area contributed by atoms with Crippen LogP contribution in [-0.2, 0) is 0 Å². The average molecular weight is 284 g/mol. The summed E-state index contributed by atoms with van der Waals surface area (Å²) in [5.41, 5.74) is 11.1. The number of hydrogen-bond acceptors (Lipinski definition) is 6. The van der Waals surface area contributed by atoms with Crippen LogP contribution in [0, 0.1) is 6.92 Å². The molecule has 1 amide bonds. The Morgan fingerprint density at radius 1 is 1.42 bits per heavy atom. The smallest absolute Gasteiger partial charge is 0.267 e. The third-order valence-corrected chi connectivity index (χ3v) is 2.27. The van der Waals surface area contributed by atoms with E-state index in [9.17, 15) is 4.79 Å². The van der Waals surface area contributed by atoms with Crippen LogP contribution in [0.4, 0.5) is 0 Å². The molecule has 4 N–H and O–H groups in total. The highest BCUT2D eigenvalue weighted by molar-refractivity contribution is 5.90. The van der Waals surface area contributed by atoms with E-state index in [-0.39, 0.29) is 24.1 Å². The summed E-state index contributed by atoms with van der Waals surface area (Å²) in [5.74, 6) is 0.910. The molecule has 0 saturated heterocycles. The van der Waals surface area contributed by atoms with Gasteiger partial charge in [-0.3, -0.25) is 4.79 Å². The van der Waals surface area contributed by atoms with Crippen LogP contribution in [0.2, 0.25) is 0 Å².